The number of hydrogen-bond donors (Lipinski definition) is 1. The van der Waals surface area contributed by atoms with E-state index in [-0.39, 0.29) is 6.10 Å². The van der Waals surface area contributed by atoms with Crippen molar-refractivity contribution in [3.63, 3.8) is 0 Å². The van der Waals surface area contributed by atoms with Gasteiger partial charge in [0, 0.05) is 20.2 Å². The highest BCUT2D eigenvalue weighted by molar-refractivity contribution is 7.15. The number of aromatic nitrogens is 1. The van der Waals surface area contributed by atoms with Crippen LogP contribution >= 0.6 is 11.3 Å². The molecule has 1 unspecified atom stereocenters. The number of thiazole rings is 1. The third-order valence-corrected chi connectivity index (χ3v) is 4.39. The van der Waals surface area contributed by atoms with Gasteiger partial charge in [0.1, 0.15) is 0 Å². The second-order valence-electron chi connectivity index (χ2n) is 4.29. The zero-order chi connectivity index (χ0) is 12.3. The number of aliphatic hydroxyl groups excluding tert-OH is 1. The van der Waals surface area contributed by atoms with Crippen LogP contribution in [0, 0.1) is 0 Å². The van der Waals surface area contributed by atoms with Gasteiger partial charge in [-0.1, -0.05) is 11.3 Å². The molecule has 1 atom stereocenters. The van der Waals surface area contributed by atoms with E-state index in [1.807, 2.05) is 0 Å². The van der Waals surface area contributed by atoms with Crippen molar-refractivity contribution in [3.8, 4) is 0 Å². The Kier molecular flexibility index (Phi) is 4.36. The summed E-state index contributed by atoms with van der Waals surface area (Å²) in [5.41, 5.74) is 1.10. The number of nitrogens with zero attached hydrogens (tertiary/aromatic N) is 2. The van der Waals surface area contributed by atoms with Crippen molar-refractivity contribution in [1.29, 1.82) is 0 Å². The molecule has 2 rings (SSSR count). The van der Waals surface area contributed by atoms with Gasteiger partial charge in [0.15, 0.2) is 5.13 Å². The Labute approximate surface area is 106 Å². The van der Waals surface area contributed by atoms with Crippen LogP contribution < -0.4 is 4.90 Å². The van der Waals surface area contributed by atoms with E-state index in [9.17, 15) is 5.11 Å². The highest BCUT2D eigenvalue weighted by Gasteiger charge is 2.24. The summed E-state index contributed by atoms with van der Waals surface area (Å²) in [6.07, 6.45) is 2.62. The predicted molar refractivity (Wildman–Crippen MR) is 69.8 cm³/mol. The molecule has 0 amide bonds. The summed E-state index contributed by atoms with van der Waals surface area (Å²) >= 11 is 1.64. The summed E-state index contributed by atoms with van der Waals surface area (Å²) in [6.45, 7) is 4.61. The lowest BCUT2D eigenvalue weighted by molar-refractivity contribution is 0.160. The first-order chi connectivity index (χ1) is 8.26. The van der Waals surface area contributed by atoms with Crippen LogP contribution in [-0.4, -0.2) is 36.9 Å². The average molecular weight is 256 g/mol. The van der Waals surface area contributed by atoms with E-state index in [1.54, 1.807) is 18.4 Å². The van der Waals surface area contributed by atoms with E-state index in [0.717, 1.165) is 48.1 Å². The third kappa shape index (κ3) is 2.78. The summed E-state index contributed by atoms with van der Waals surface area (Å²) < 4.78 is 5.10. The SMILES string of the molecule is CCN(CCOC)c1nc2c(s1)C(O)CCC2. The smallest absolute Gasteiger partial charge is 0.185 e. The van der Waals surface area contributed by atoms with Crippen molar-refractivity contribution < 1.29 is 9.84 Å². The van der Waals surface area contributed by atoms with Gasteiger partial charge in [-0.25, -0.2) is 4.98 Å². The molecule has 17 heavy (non-hydrogen) atoms. The Hall–Kier alpha value is -0.650. The topological polar surface area (TPSA) is 45.6 Å². The lowest BCUT2D eigenvalue weighted by Crippen LogP contribution is -2.26. The van der Waals surface area contributed by atoms with Gasteiger partial charge in [-0.2, -0.15) is 0 Å². The monoisotopic (exact) mass is 256 g/mol. The van der Waals surface area contributed by atoms with Gasteiger partial charge in [-0.3, -0.25) is 0 Å². The maximum Gasteiger partial charge on any atom is 0.185 e. The molecular weight excluding hydrogens is 236 g/mol. The first kappa shape index (κ1) is 12.8. The first-order valence-electron chi connectivity index (χ1n) is 6.17. The largest absolute Gasteiger partial charge is 0.388 e. The van der Waals surface area contributed by atoms with Crippen molar-refractivity contribution in [3.05, 3.63) is 10.6 Å². The number of aliphatic hydroxyl groups is 1. The maximum atomic E-state index is 9.93. The van der Waals surface area contributed by atoms with Crippen LogP contribution in [0.25, 0.3) is 0 Å². The number of anilines is 1. The summed E-state index contributed by atoms with van der Waals surface area (Å²) in [5.74, 6) is 0. The van der Waals surface area contributed by atoms with Crippen LogP contribution in [0.4, 0.5) is 5.13 Å². The minimum atomic E-state index is -0.300. The van der Waals surface area contributed by atoms with Crippen molar-refractivity contribution in [1.82, 2.24) is 4.98 Å². The molecule has 0 aliphatic heterocycles. The minimum absolute atomic E-state index is 0.300. The van der Waals surface area contributed by atoms with Crippen molar-refractivity contribution >= 4 is 16.5 Å². The fourth-order valence-electron chi connectivity index (χ4n) is 2.11. The van der Waals surface area contributed by atoms with Gasteiger partial charge in [-0.15, -0.1) is 0 Å². The molecular formula is C12H20N2O2S. The van der Waals surface area contributed by atoms with E-state index in [0.29, 0.717) is 6.61 Å². The molecule has 1 heterocycles. The minimum Gasteiger partial charge on any atom is -0.388 e. The Bertz CT molecular complexity index is 367. The molecule has 0 saturated heterocycles. The number of aryl methyl sites for hydroxylation is 1. The summed E-state index contributed by atoms with van der Waals surface area (Å²) in [6, 6.07) is 0. The number of methoxy groups -OCH3 is 1. The second-order valence-corrected chi connectivity index (χ2v) is 5.30. The van der Waals surface area contributed by atoms with Crippen LogP contribution in [0.1, 0.15) is 36.4 Å². The lowest BCUT2D eigenvalue weighted by Gasteiger charge is -2.18. The van der Waals surface area contributed by atoms with Gasteiger partial charge in [0.05, 0.1) is 23.3 Å². The van der Waals surface area contributed by atoms with E-state index in [2.05, 4.69) is 16.8 Å². The zero-order valence-corrected chi connectivity index (χ0v) is 11.3. The Morgan fingerprint density at radius 2 is 2.41 bits per heavy atom. The fraction of sp³-hybridized carbons (Fsp3) is 0.750. The molecule has 96 valence electrons. The fourth-order valence-corrected chi connectivity index (χ4v) is 3.33. The Morgan fingerprint density at radius 3 is 3.06 bits per heavy atom. The number of fused-ring (bicyclic) bond motifs is 1. The van der Waals surface area contributed by atoms with Crippen LogP contribution in [0.5, 0.6) is 0 Å². The Balaban J connectivity index is 2.15. The molecule has 4 nitrogen and oxygen atoms in total. The molecule has 1 aromatic rings. The van der Waals surface area contributed by atoms with Crippen molar-refractivity contribution in [2.24, 2.45) is 0 Å². The van der Waals surface area contributed by atoms with Gasteiger partial charge < -0.3 is 14.7 Å². The van der Waals surface area contributed by atoms with E-state index >= 15 is 0 Å². The zero-order valence-electron chi connectivity index (χ0n) is 10.5. The number of rotatable bonds is 5. The highest BCUT2D eigenvalue weighted by atomic mass is 32.1. The van der Waals surface area contributed by atoms with Gasteiger partial charge in [0.2, 0.25) is 0 Å². The molecule has 0 bridgehead atoms. The van der Waals surface area contributed by atoms with E-state index < -0.39 is 0 Å². The predicted octanol–water partition coefficient (Wildman–Crippen LogP) is 1.99. The molecule has 0 saturated carbocycles. The summed E-state index contributed by atoms with van der Waals surface area (Å²) in [4.78, 5) is 7.93. The first-order valence-corrected chi connectivity index (χ1v) is 6.99. The van der Waals surface area contributed by atoms with E-state index in [4.69, 9.17) is 4.74 Å². The molecule has 0 spiro atoms. The molecule has 1 aliphatic rings. The third-order valence-electron chi connectivity index (χ3n) is 3.13. The molecule has 0 fully saturated rings. The van der Waals surface area contributed by atoms with Gasteiger partial charge >= 0.3 is 0 Å². The number of hydrogen-bond acceptors (Lipinski definition) is 5. The van der Waals surface area contributed by atoms with Crippen molar-refractivity contribution in [2.75, 3.05) is 31.7 Å². The van der Waals surface area contributed by atoms with Crippen LogP contribution in [0.3, 0.4) is 0 Å². The lowest BCUT2D eigenvalue weighted by atomic mass is 10.0. The average Bonchev–Trinajstić information content (AvgIpc) is 2.75. The number of ether oxygens (including phenoxy) is 1. The molecule has 1 N–H and O–H groups in total. The molecule has 1 aromatic heterocycles. The van der Waals surface area contributed by atoms with Crippen LogP contribution in [-0.2, 0) is 11.2 Å². The van der Waals surface area contributed by atoms with Gasteiger partial charge in [-0.05, 0) is 26.2 Å². The summed E-state index contributed by atoms with van der Waals surface area (Å²) in [7, 11) is 1.71. The highest BCUT2D eigenvalue weighted by Crippen LogP contribution is 2.37. The summed E-state index contributed by atoms with van der Waals surface area (Å²) in [5, 5.41) is 11.0. The molecule has 5 heteroatoms. The standard InChI is InChI=1S/C12H20N2O2S/c1-3-14(7-8-16-2)12-13-9-5-4-6-10(15)11(9)17-12/h10,15H,3-8H2,1-2H3. The molecule has 0 radical (unpaired) electrons. The van der Waals surface area contributed by atoms with E-state index in [1.165, 1.54) is 0 Å². The second kappa shape index (κ2) is 5.80. The van der Waals surface area contributed by atoms with Crippen LogP contribution in [0.2, 0.25) is 0 Å². The molecule has 0 aromatic carbocycles. The quantitative estimate of drug-likeness (QED) is 0.875. The Morgan fingerprint density at radius 1 is 1.59 bits per heavy atom. The van der Waals surface area contributed by atoms with Gasteiger partial charge in [0.25, 0.3) is 0 Å². The molecule has 1 aliphatic carbocycles. The van der Waals surface area contributed by atoms with Crippen molar-refractivity contribution in [2.45, 2.75) is 32.3 Å². The van der Waals surface area contributed by atoms with Crippen LogP contribution in [0.15, 0.2) is 0 Å². The maximum absolute atomic E-state index is 9.93. The normalized spacial score (nSPS) is 19.1. The number of likely N-dealkylation sites (N-methyl/N-ethyl adjacent to an activating group) is 1.